The van der Waals surface area contributed by atoms with Crippen LogP contribution in [0, 0.1) is 6.92 Å². The molecule has 0 spiro atoms. The van der Waals surface area contributed by atoms with E-state index in [1.165, 1.54) is 11.8 Å². The molecule has 1 N–H and O–H groups in total. The summed E-state index contributed by atoms with van der Waals surface area (Å²) in [6, 6.07) is 5.47. The highest BCUT2D eigenvalue weighted by Gasteiger charge is 2.30. The molecular formula is C18H20ClN3O3S. The van der Waals surface area contributed by atoms with Crippen LogP contribution in [-0.2, 0) is 9.59 Å². The Labute approximate surface area is 161 Å². The molecule has 0 bridgehead atoms. The third-order valence-corrected chi connectivity index (χ3v) is 5.90. The Kier molecular flexibility index (Phi) is 5.88. The summed E-state index contributed by atoms with van der Waals surface area (Å²) in [5, 5.41) is 10.4. The number of imidazole rings is 1. The SMILES string of the molecule is Cc1c(Cl)cccc1-n1ccnc1SCC(=O)N1CCCC1CC(=O)O. The van der Waals surface area contributed by atoms with Gasteiger partial charge in [-0.2, -0.15) is 0 Å². The lowest BCUT2D eigenvalue weighted by molar-refractivity contribution is -0.139. The second-order valence-corrected chi connectivity index (χ2v) is 7.58. The Bertz CT molecular complexity index is 824. The highest BCUT2D eigenvalue weighted by molar-refractivity contribution is 7.99. The molecule has 2 aromatic rings. The van der Waals surface area contributed by atoms with Crippen molar-refractivity contribution in [2.24, 2.45) is 0 Å². The number of halogens is 1. The third-order valence-electron chi connectivity index (χ3n) is 4.54. The van der Waals surface area contributed by atoms with E-state index in [2.05, 4.69) is 4.98 Å². The van der Waals surface area contributed by atoms with Crippen molar-refractivity contribution in [2.75, 3.05) is 12.3 Å². The van der Waals surface area contributed by atoms with Gasteiger partial charge in [-0.15, -0.1) is 0 Å². The first-order valence-corrected chi connectivity index (χ1v) is 9.76. The number of likely N-dealkylation sites (tertiary alicyclic amines) is 1. The van der Waals surface area contributed by atoms with Crippen LogP contribution in [0.3, 0.4) is 0 Å². The summed E-state index contributed by atoms with van der Waals surface area (Å²) >= 11 is 7.55. The summed E-state index contributed by atoms with van der Waals surface area (Å²) in [6.45, 7) is 2.57. The lowest BCUT2D eigenvalue weighted by Crippen LogP contribution is -2.38. The molecule has 1 aromatic heterocycles. The molecule has 1 aliphatic rings. The van der Waals surface area contributed by atoms with Gasteiger partial charge in [0.1, 0.15) is 0 Å². The maximum absolute atomic E-state index is 12.6. The fourth-order valence-electron chi connectivity index (χ4n) is 3.22. The molecular weight excluding hydrogens is 374 g/mol. The molecule has 1 saturated heterocycles. The Balaban J connectivity index is 1.69. The summed E-state index contributed by atoms with van der Waals surface area (Å²) in [6.07, 6.45) is 5.14. The van der Waals surface area contributed by atoms with Crippen LogP contribution in [0.25, 0.3) is 5.69 Å². The van der Waals surface area contributed by atoms with Gasteiger partial charge in [0.05, 0.1) is 17.9 Å². The zero-order valence-electron chi connectivity index (χ0n) is 14.4. The van der Waals surface area contributed by atoms with Gasteiger partial charge >= 0.3 is 5.97 Å². The minimum atomic E-state index is -0.866. The van der Waals surface area contributed by atoms with E-state index in [-0.39, 0.29) is 24.1 Å². The van der Waals surface area contributed by atoms with Gasteiger partial charge in [0.25, 0.3) is 0 Å². The van der Waals surface area contributed by atoms with E-state index < -0.39 is 5.97 Å². The van der Waals surface area contributed by atoms with Gasteiger partial charge in [0.15, 0.2) is 5.16 Å². The van der Waals surface area contributed by atoms with Crippen LogP contribution in [0.15, 0.2) is 35.7 Å². The predicted octanol–water partition coefficient (Wildman–Crippen LogP) is 3.39. The number of hydrogen-bond acceptors (Lipinski definition) is 4. The van der Waals surface area contributed by atoms with Gasteiger partial charge in [0, 0.05) is 30.0 Å². The molecule has 0 radical (unpaired) electrons. The fourth-order valence-corrected chi connectivity index (χ4v) is 4.25. The summed E-state index contributed by atoms with van der Waals surface area (Å²) in [5.74, 6) is -0.683. The number of thioether (sulfide) groups is 1. The molecule has 2 heterocycles. The van der Waals surface area contributed by atoms with Crippen molar-refractivity contribution in [1.29, 1.82) is 0 Å². The number of amides is 1. The van der Waals surface area contributed by atoms with E-state index in [4.69, 9.17) is 16.7 Å². The largest absolute Gasteiger partial charge is 0.481 e. The molecule has 1 aliphatic heterocycles. The zero-order chi connectivity index (χ0) is 18.7. The highest BCUT2D eigenvalue weighted by Crippen LogP contribution is 2.28. The summed E-state index contributed by atoms with van der Waals surface area (Å²) in [5.41, 5.74) is 1.87. The number of hydrogen-bond donors (Lipinski definition) is 1. The van der Waals surface area contributed by atoms with Crippen molar-refractivity contribution in [3.63, 3.8) is 0 Å². The average Bonchev–Trinajstić information content (AvgIpc) is 3.24. The van der Waals surface area contributed by atoms with Gasteiger partial charge in [-0.25, -0.2) is 4.98 Å². The van der Waals surface area contributed by atoms with Crippen molar-refractivity contribution in [2.45, 2.75) is 37.4 Å². The van der Waals surface area contributed by atoms with E-state index in [1.54, 1.807) is 11.1 Å². The molecule has 1 aromatic carbocycles. The number of aliphatic carboxylic acids is 1. The molecule has 1 atom stereocenters. The minimum absolute atomic E-state index is 0.00669. The number of carbonyl (C=O) groups is 2. The number of nitrogens with zero attached hydrogens (tertiary/aromatic N) is 3. The van der Waals surface area contributed by atoms with Crippen LogP contribution in [0.4, 0.5) is 0 Å². The van der Waals surface area contributed by atoms with Gasteiger partial charge in [-0.3, -0.25) is 14.2 Å². The Morgan fingerprint density at radius 3 is 3.00 bits per heavy atom. The van der Waals surface area contributed by atoms with Crippen LogP contribution in [0.1, 0.15) is 24.8 Å². The number of carboxylic acid groups (broad SMARTS) is 1. The molecule has 138 valence electrons. The van der Waals surface area contributed by atoms with Crippen molar-refractivity contribution >= 4 is 35.2 Å². The molecule has 1 fully saturated rings. The van der Waals surface area contributed by atoms with E-state index >= 15 is 0 Å². The number of carbonyl (C=O) groups excluding carboxylic acids is 1. The Morgan fingerprint density at radius 1 is 1.42 bits per heavy atom. The van der Waals surface area contributed by atoms with Crippen LogP contribution in [0.5, 0.6) is 0 Å². The molecule has 26 heavy (non-hydrogen) atoms. The molecule has 0 aliphatic carbocycles. The van der Waals surface area contributed by atoms with Gasteiger partial charge in [-0.1, -0.05) is 29.4 Å². The van der Waals surface area contributed by atoms with Crippen LogP contribution in [0.2, 0.25) is 5.02 Å². The van der Waals surface area contributed by atoms with Crippen LogP contribution >= 0.6 is 23.4 Å². The standard InChI is InChI=1S/C18H20ClN3O3S/c1-12-14(19)5-2-6-15(12)22-9-7-20-18(22)26-11-16(23)21-8-3-4-13(21)10-17(24)25/h2,5-7,9,13H,3-4,8,10-11H2,1H3,(H,24,25). The first-order chi connectivity index (χ1) is 12.5. The zero-order valence-corrected chi connectivity index (χ0v) is 16.0. The Hall–Kier alpha value is -1.99. The topological polar surface area (TPSA) is 75.4 Å². The van der Waals surface area contributed by atoms with E-state index in [9.17, 15) is 9.59 Å². The first kappa shape index (κ1) is 18.8. The summed E-state index contributed by atoms with van der Waals surface area (Å²) in [7, 11) is 0. The molecule has 8 heteroatoms. The fraction of sp³-hybridized carbons (Fsp3) is 0.389. The number of rotatable bonds is 6. The van der Waals surface area contributed by atoms with Crippen LogP contribution < -0.4 is 0 Å². The average molecular weight is 394 g/mol. The molecule has 0 saturated carbocycles. The van der Waals surface area contributed by atoms with Crippen molar-refractivity contribution < 1.29 is 14.7 Å². The second kappa shape index (κ2) is 8.14. The summed E-state index contributed by atoms with van der Waals surface area (Å²) in [4.78, 5) is 29.6. The molecule has 1 amide bonds. The summed E-state index contributed by atoms with van der Waals surface area (Å²) < 4.78 is 1.91. The molecule has 6 nitrogen and oxygen atoms in total. The van der Waals surface area contributed by atoms with E-state index in [0.29, 0.717) is 16.7 Å². The van der Waals surface area contributed by atoms with Crippen molar-refractivity contribution in [3.05, 3.63) is 41.2 Å². The van der Waals surface area contributed by atoms with Crippen LogP contribution in [-0.4, -0.2) is 49.8 Å². The lowest BCUT2D eigenvalue weighted by atomic mass is 10.1. The Morgan fingerprint density at radius 2 is 2.23 bits per heavy atom. The van der Waals surface area contributed by atoms with Crippen molar-refractivity contribution in [1.82, 2.24) is 14.5 Å². The number of aromatic nitrogens is 2. The normalized spacial score (nSPS) is 16.8. The van der Waals surface area contributed by atoms with E-state index in [1.807, 2.05) is 35.9 Å². The maximum atomic E-state index is 12.6. The van der Waals surface area contributed by atoms with Gasteiger partial charge in [-0.05, 0) is 37.5 Å². The first-order valence-electron chi connectivity index (χ1n) is 8.40. The van der Waals surface area contributed by atoms with Gasteiger partial charge in [0.2, 0.25) is 5.91 Å². The van der Waals surface area contributed by atoms with Gasteiger partial charge < -0.3 is 10.0 Å². The number of benzene rings is 1. The minimum Gasteiger partial charge on any atom is -0.481 e. The highest BCUT2D eigenvalue weighted by atomic mass is 35.5. The third kappa shape index (κ3) is 4.04. The quantitative estimate of drug-likeness (QED) is 0.761. The monoisotopic (exact) mass is 393 g/mol. The lowest BCUT2D eigenvalue weighted by Gasteiger charge is -2.23. The van der Waals surface area contributed by atoms with Crippen molar-refractivity contribution in [3.8, 4) is 5.69 Å². The predicted molar refractivity (Wildman–Crippen MR) is 101 cm³/mol. The van der Waals surface area contributed by atoms with E-state index in [0.717, 1.165) is 24.1 Å². The molecule has 3 rings (SSSR count). The second-order valence-electron chi connectivity index (χ2n) is 6.23. The molecule has 1 unspecified atom stereocenters. The number of carboxylic acids is 1. The maximum Gasteiger partial charge on any atom is 0.305 e. The smallest absolute Gasteiger partial charge is 0.305 e.